The number of aromatic nitrogens is 1. The van der Waals surface area contributed by atoms with Crippen molar-refractivity contribution in [1.82, 2.24) is 4.98 Å². The van der Waals surface area contributed by atoms with E-state index in [4.69, 9.17) is 0 Å². The molecule has 1 aromatic heterocycles. The lowest BCUT2D eigenvalue weighted by Gasteiger charge is -2.01. The first-order valence-electron chi connectivity index (χ1n) is 7.12. The van der Waals surface area contributed by atoms with Crippen LogP contribution in [0.3, 0.4) is 0 Å². The zero-order valence-electron chi connectivity index (χ0n) is 12.3. The third kappa shape index (κ3) is 3.05. The zero-order chi connectivity index (χ0) is 14.8. The molecule has 0 unspecified atom stereocenters. The molecule has 0 amide bonds. The fourth-order valence-corrected chi connectivity index (χ4v) is 2.67. The summed E-state index contributed by atoms with van der Waals surface area (Å²) >= 11 is 0. The first-order chi connectivity index (χ1) is 10.1. The van der Waals surface area contributed by atoms with Crippen LogP contribution in [0.1, 0.15) is 22.5 Å². The predicted molar refractivity (Wildman–Crippen MR) is 87.0 cm³/mol. The minimum Gasteiger partial charge on any atom is -0.362 e. The van der Waals surface area contributed by atoms with Gasteiger partial charge in [0.1, 0.15) is 5.83 Å². The molecule has 0 radical (unpaired) electrons. The summed E-state index contributed by atoms with van der Waals surface area (Å²) in [5.74, 6) is -0.129. The third-order valence-electron chi connectivity index (χ3n) is 3.70. The summed E-state index contributed by atoms with van der Waals surface area (Å²) in [6, 6.07) is 16.1. The number of allylic oxidation sites excluding steroid dienone is 1. The second kappa shape index (κ2) is 5.57. The zero-order valence-corrected chi connectivity index (χ0v) is 12.3. The molecule has 2 heteroatoms. The fraction of sp³-hybridized carbons (Fsp3) is 0.158. The Labute approximate surface area is 124 Å². The molecule has 1 heterocycles. The van der Waals surface area contributed by atoms with Crippen molar-refractivity contribution >= 4 is 16.8 Å². The molecule has 0 spiro atoms. The van der Waals surface area contributed by atoms with Crippen molar-refractivity contribution in [3.63, 3.8) is 0 Å². The largest absolute Gasteiger partial charge is 0.362 e. The van der Waals surface area contributed by atoms with Gasteiger partial charge < -0.3 is 4.98 Å². The number of benzene rings is 2. The van der Waals surface area contributed by atoms with Crippen molar-refractivity contribution < 1.29 is 4.39 Å². The lowest BCUT2D eigenvalue weighted by Crippen LogP contribution is -1.89. The van der Waals surface area contributed by atoms with Gasteiger partial charge in [0.15, 0.2) is 0 Å². The third-order valence-corrected chi connectivity index (χ3v) is 3.70. The van der Waals surface area contributed by atoms with Gasteiger partial charge in [-0.15, -0.1) is 0 Å². The molecule has 0 aliphatic rings. The van der Waals surface area contributed by atoms with E-state index in [1.807, 2.05) is 56.3 Å². The SMILES string of the molecule is Cc1cc(C)c(C/C(F)=C/c2ccc3ccccc3c2)[nH]1. The van der Waals surface area contributed by atoms with Gasteiger partial charge in [0.05, 0.1) is 0 Å². The second-order valence-corrected chi connectivity index (χ2v) is 5.49. The van der Waals surface area contributed by atoms with Gasteiger partial charge in [0, 0.05) is 17.8 Å². The summed E-state index contributed by atoms with van der Waals surface area (Å²) in [5, 5.41) is 2.30. The van der Waals surface area contributed by atoms with E-state index in [0.717, 1.165) is 27.9 Å². The second-order valence-electron chi connectivity index (χ2n) is 5.49. The Bertz CT molecular complexity index is 811. The molecular weight excluding hydrogens is 261 g/mol. The van der Waals surface area contributed by atoms with Gasteiger partial charge in [0.2, 0.25) is 0 Å². The van der Waals surface area contributed by atoms with Crippen molar-refractivity contribution in [2.75, 3.05) is 0 Å². The summed E-state index contributed by atoms with van der Waals surface area (Å²) in [6.07, 6.45) is 1.93. The molecule has 0 saturated carbocycles. The average molecular weight is 279 g/mol. The number of fused-ring (bicyclic) bond motifs is 1. The van der Waals surface area contributed by atoms with Crippen molar-refractivity contribution in [3.05, 3.63) is 76.9 Å². The standard InChI is InChI=1S/C19H18FN/c1-13-9-14(2)21-19(13)12-18(20)11-15-7-8-16-5-3-4-6-17(16)10-15/h3-11,21H,12H2,1-2H3/b18-11-. The Hall–Kier alpha value is -2.35. The average Bonchev–Trinajstić information content (AvgIpc) is 2.76. The van der Waals surface area contributed by atoms with Crippen LogP contribution in [0.2, 0.25) is 0 Å². The maximum atomic E-state index is 14.2. The van der Waals surface area contributed by atoms with E-state index >= 15 is 0 Å². The molecule has 3 aromatic rings. The molecule has 0 atom stereocenters. The van der Waals surface area contributed by atoms with Gasteiger partial charge in [-0.25, -0.2) is 4.39 Å². The normalized spacial score (nSPS) is 12.0. The van der Waals surface area contributed by atoms with Crippen molar-refractivity contribution in [2.45, 2.75) is 20.3 Å². The van der Waals surface area contributed by atoms with Crippen molar-refractivity contribution in [2.24, 2.45) is 0 Å². The number of H-pyrrole nitrogens is 1. The number of aryl methyl sites for hydroxylation is 2. The van der Waals surface area contributed by atoms with E-state index in [1.165, 1.54) is 5.39 Å². The van der Waals surface area contributed by atoms with Crippen molar-refractivity contribution in [1.29, 1.82) is 0 Å². The maximum Gasteiger partial charge on any atom is 0.106 e. The number of rotatable bonds is 3. The van der Waals surface area contributed by atoms with Crippen LogP contribution < -0.4 is 0 Å². The Morgan fingerprint density at radius 2 is 1.81 bits per heavy atom. The Morgan fingerprint density at radius 1 is 1.05 bits per heavy atom. The number of hydrogen-bond acceptors (Lipinski definition) is 0. The number of aromatic amines is 1. The summed E-state index contributed by atoms with van der Waals surface area (Å²) in [5.41, 5.74) is 4.02. The number of nitrogens with one attached hydrogen (secondary N) is 1. The molecule has 0 bridgehead atoms. The van der Waals surface area contributed by atoms with Crippen LogP contribution in [-0.4, -0.2) is 4.98 Å². The molecule has 1 N–H and O–H groups in total. The van der Waals surface area contributed by atoms with Crippen LogP contribution in [0.4, 0.5) is 4.39 Å². The van der Waals surface area contributed by atoms with Gasteiger partial charge >= 0.3 is 0 Å². The van der Waals surface area contributed by atoms with Crippen LogP contribution in [-0.2, 0) is 6.42 Å². The van der Waals surface area contributed by atoms with E-state index in [-0.39, 0.29) is 5.83 Å². The summed E-state index contributed by atoms with van der Waals surface area (Å²) in [4.78, 5) is 3.21. The minimum atomic E-state index is -0.129. The highest BCUT2D eigenvalue weighted by atomic mass is 19.1. The molecule has 0 fully saturated rings. The van der Waals surface area contributed by atoms with Gasteiger partial charge in [-0.1, -0.05) is 36.4 Å². The van der Waals surface area contributed by atoms with Gasteiger partial charge in [0.25, 0.3) is 0 Å². The van der Waals surface area contributed by atoms with Crippen LogP contribution in [0.25, 0.3) is 16.8 Å². The Morgan fingerprint density at radius 3 is 2.52 bits per heavy atom. The van der Waals surface area contributed by atoms with Crippen molar-refractivity contribution in [3.8, 4) is 0 Å². The Kier molecular flexibility index (Phi) is 3.61. The van der Waals surface area contributed by atoms with Gasteiger partial charge in [-0.3, -0.25) is 0 Å². The summed E-state index contributed by atoms with van der Waals surface area (Å²) < 4.78 is 14.2. The quantitative estimate of drug-likeness (QED) is 0.666. The first kappa shape index (κ1) is 13.6. The van der Waals surface area contributed by atoms with Crippen LogP contribution in [0, 0.1) is 13.8 Å². The van der Waals surface area contributed by atoms with Gasteiger partial charge in [-0.05, 0) is 54.0 Å². The highest BCUT2D eigenvalue weighted by Crippen LogP contribution is 2.20. The van der Waals surface area contributed by atoms with E-state index in [2.05, 4.69) is 11.1 Å². The molecule has 2 aromatic carbocycles. The molecular formula is C19H18FN. The molecule has 0 aliphatic heterocycles. The smallest absolute Gasteiger partial charge is 0.106 e. The highest BCUT2D eigenvalue weighted by molar-refractivity contribution is 5.84. The summed E-state index contributed by atoms with van der Waals surface area (Å²) in [7, 11) is 0. The first-order valence-corrected chi connectivity index (χ1v) is 7.12. The minimum absolute atomic E-state index is 0.129. The highest BCUT2D eigenvalue weighted by Gasteiger charge is 2.05. The lowest BCUT2D eigenvalue weighted by molar-refractivity contribution is 0.616. The molecule has 106 valence electrons. The monoisotopic (exact) mass is 279 g/mol. The van der Waals surface area contributed by atoms with Crippen LogP contribution in [0.5, 0.6) is 0 Å². The molecule has 1 nitrogen and oxygen atoms in total. The topological polar surface area (TPSA) is 15.8 Å². The number of hydrogen-bond donors (Lipinski definition) is 1. The fourth-order valence-electron chi connectivity index (χ4n) is 2.67. The predicted octanol–water partition coefficient (Wildman–Crippen LogP) is 5.34. The maximum absolute atomic E-state index is 14.2. The Balaban J connectivity index is 1.86. The van der Waals surface area contributed by atoms with Crippen LogP contribution in [0.15, 0.2) is 54.4 Å². The lowest BCUT2D eigenvalue weighted by atomic mass is 10.1. The van der Waals surface area contributed by atoms with Crippen LogP contribution >= 0.6 is 0 Å². The number of halogens is 1. The molecule has 21 heavy (non-hydrogen) atoms. The van der Waals surface area contributed by atoms with Gasteiger partial charge in [-0.2, -0.15) is 0 Å². The van der Waals surface area contributed by atoms with E-state index in [0.29, 0.717) is 6.42 Å². The molecule has 0 saturated heterocycles. The van der Waals surface area contributed by atoms with E-state index in [1.54, 1.807) is 6.08 Å². The van der Waals surface area contributed by atoms with E-state index < -0.39 is 0 Å². The molecule has 0 aliphatic carbocycles. The molecule has 3 rings (SSSR count). The summed E-state index contributed by atoms with van der Waals surface area (Å²) in [6.45, 7) is 3.99. The van der Waals surface area contributed by atoms with E-state index in [9.17, 15) is 4.39 Å².